The van der Waals surface area contributed by atoms with E-state index in [2.05, 4.69) is 31.0 Å². The van der Waals surface area contributed by atoms with Crippen LogP contribution in [0.1, 0.15) is 34.8 Å². The predicted molar refractivity (Wildman–Crippen MR) is 158 cm³/mol. The molecule has 0 saturated carbocycles. The molecular weight excluding hydrogens is 602 g/mol. The molecule has 1 atom stereocenters. The number of alkyl halides is 3. The van der Waals surface area contributed by atoms with Crippen molar-refractivity contribution in [1.29, 1.82) is 0 Å². The van der Waals surface area contributed by atoms with Gasteiger partial charge in [0.25, 0.3) is 5.91 Å². The fourth-order valence-corrected chi connectivity index (χ4v) is 5.36. The molecule has 12 nitrogen and oxygen atoms in total. The van der Waals surface area contributed by atoms with E-state index in [-0.39, 0.29) is 36.6 Å². The number of carbonyl (C=O) groups is 1. The van der Waals surface area contributed by atoms with Crippen molar-refractivity contribution in [2.75, 3.05) is 30.9 Å². The molecule has 4 rings (SSSR count). The third-order valence-corrected chi connectivity index (χ3v) is 7.70. The van der Waals surface area contributed by atoms with Crippen molar-refractivity contribution in [3.8, 4) is 11.1 Å². The van der Waals surface area contributed by atoms with Gasteiger partial charge < -0.3 is 30.5 Å². The molecule has 2 aromatic carbocycles. The average molecular weight is 634 g/mol. The van der Waals surface area contributed by atoms with Gasteiger partial charge in [-0.25, -0.2) is 4.98 Å². The third-order valence-electron chi connectivity index (χ3n) is 6.27. The first-order valence-electron chi connectivity index (χ1n) is 13.5. The number of hydrogen-bond donors (Lipinski definition) is 5. The Morgan fingerprint density at radius 3 is 2.50 bits per heavy atom. The normalized spacial score (nSPS) is 12.9. The molecule has 0 aliphatic heterocycles. The molecule has 0 radical (unpaired) electrons. The number of hydrogen-bond acceptors (Lipinski definition) is 9. The lowest BCUT2D eigenvalue weighted by molar-refractivity contribution is -0.137. The van der Waals surface area contributed by atoms with Gasteiger partial charge in [0.15, 0.2) is 0 Å². The van der Waals surface area contributed by atoms with E-state index in [0.717, 1.165) is 0 Å². The van der Waals surface area contributed by atoms with Crippen LogP contribution in [-0.4, -0.2) is 55.9 Å². The highest BCUT2D eigenvalue weighted by atomic mass is 31.2. The quantitative estimate of drug-likeness (QED) is 0.122. The minimum Gasteiger partial charge on any atom is -0.396 e. The molecule has 234 valence electrons. The molecule has 2 heterocycles. The van der Waals surface area contributed by atoms with Gasteiger partial charge in [0.05, 0.1) is 30.2 Å². The van der Waals surface area contributed by atoms with Crippen molar-refractivity contribution in [1.82, 2.24) is 25.1 Å². The number of aliphatic hydroxyl groups is 1. The summed E-state index contributed by atoms with van der Waals surface area (Å²) in [6.07, 6.45) is -0.542. The molecule has 0 aliphatic rings. The van der Waals surface area contributed by atoms with Crippen molar-refractivity contribution in [3.05, 3.63) is 77.7 Å². The van der Waals surface area contributed by atoms with Crippen LogP contribution < -0.4 is 16.0 Å². The van der Waals surface area contributed by atoms with E-state index in [1.807, 2.05) is 0 Å². The summed E-state index contributed by atoms with van der Waals surface area (Å²) in [6.45, 7) is 2.19. The molecule has 0 aliphatic carbocycles. The maximum Gasteiger partial charge on any atom is 0.421 e. The zero-order valence-corrected chi connectivity index (χ0v) is 24.7. The SMILES string of the molecule is CCOP(=O)(O)Cc1ccc(Nc2ncc(C(F)(F)F)c(Nc3ccc(-c4cnn(CCCO)c4)cc3C(=O)NC)n2)cc1. The van der Waals surface area contributed by atoms with Crippen LogP contribution in [0.25, 0.3) is 11.1 Å². The van der Waals surface area contributed by atoms with Crippen LogP contribution in [0.15, 0.2) is 61.1 Å². The largest absolute Gasteiger partial charge is 0.421 e. The number of rotatable bonds is 13. The van der Waals surface area contributed by atoms with Gasteiger partial charge in [-0.05, 0) is 48.7 Å². The summed E-state index contributed by atoms with van der Waals surface area (Å²) in [5.74, 6) is -1.29. The van der Waals surface area contributed by atoms with E-state index in [1.54, 1.807) is 54.3 Å². The number of carbonyl (C=O) groups excluding carboxylic acids is 1. The topological polar surface area (TPSA) is 164 Å². The smallest absolute Gasteiger partial charge is 0.396 e. The zero-order chi connectivity index (χ0) is 31.9. The maximum atomic E-state index is 13.9. The van der Waals surface area contributed by atoms with Crippen molar-refractivity contribution >= 4 is 36.6 Å². The molecule has 0 saturated heterocycles. The number of aryl methyl sites for hydroxylation is 1. The van der Waals surface area contributed by atoms with Gasteiger partial charge in [0.1, 0.15) is 11.4 Å². The van der Waals surface area contributed by atoms with Gasteiger partial charge in [-0.1, -0.05) is 18.2 Å². The predicted octanol–water partition coefficient (Wildman–Crippen LogP) is 5.31. The van der Waals surface area contributed by atoms with Gasteiger partial charge >= 0.3 is 13.8 Å². The van der Waals surface area contributed by atoms with E-state index in [9.17, 15) is 27.4 Å². The number of nitrogens with one attached hydrogen (secondary N) is 3. The Morgan fingerprint density at radius 1 is 1.09 bits per heavy atom. The summed E-state index contributed by atoms with van der Waals surface area (Å²) in [5, 5.41) is 21.3. The highest BCUT2D eigenvalue weighted by molar-refractivity contribution is 7.51. The summed E-state index contributed by atoms with van der Waals surface area (Å²) in [7, 11) is -2.39. The minimum absolute atomic E-state index is 0.00652. The Balaban J connectivity index is 1.62. The Hall–Kier alpha value is -4.30. The molecular formula is C28H31F3N7O5P. The fourth-order valence-electron chi connectivity index (χ4n) is 4.20. The van der Waals surface area contributed by atoms with E-state index >= 15 is 0 Å². The molecule has 44 heavy (non-hydrogen) atoms. The minimum atomic E-state index is -4.81. The third kappa shape index (κ3) is 8.41. The van der Waals surface area contributed by atoms with E-state index in [4.69, 9.17) is 9.63 Å². The number of amides is 1. The molecule has 0 bridgehead atoms. The highest BCUT2D eigenvalue weighted by Gasteiger charge is 2.35. The summed E-state index contributed by atoms with van der Waals surface area (Å²) in [6, 6.07) is 10.9. The lowest BCUT2D eigenvalue weighted by atomic mass is 10.0. The molecule has 4 aromatic rings. The lowest BCUT2D eigenvalue weighted by Crippen LogP contribution is -2.20. The number of aromatic nitrogens is 4. The molecule has 0 fully saturated rings. The first kappa shape index (κ1) is 32.6. The van der Waals surface area contributed by atoms with Crippen LogP contribution in [0.5, 0.6) is 0 Å². The van der Waals surface area contributed by atoms with Crippen molar-refractivity contribution < 1.29 is 37.1 Å². The second-order valence-electron chi connectivity index (χ2n) is 9.52. The molecule has 1 unspecified atom stereocenters. The Kier molecular flexibility index (Phi) is 10.4. The van der Waals surface area contributed by atoms with E-state index in [0.29, 0.717) is 41.5 Å². The summed E-state index contributed by atoms with van der Waals surface area (Å²) in [4.78, 5) is 30.5. The lowest BCUT2D eigenvalue weighted by Gasteiger charge is -2.17. The summed E-state index contributed by atoms with van der Waals surface area (Å²) >= 11 is 0. The summed E-state index contributed by atoms with van der Waals surface area (Å²) < 4.78 is 60.4. The van der Waals surface area contributed by atoms with Gasteiger partial charge in [-0.15, -0.1) is 0 Å². The first-order chi connectivity index (χ1) is 20.9. The van der Waals surface area contributed by atoms with Crippen LogP contribution in [0.3, 0.4) is 0 Å². The van der Waals surface area contributed by atoms with Crippen LogP contribution >= 0.6 is 7.60 Å². The fraction of sp³-hybridized carbons (Fsp3) is 0.286. The van der Waals surface area contributed by atoms with Crippen LogP contribution in [0.2, 0.25) is 0 Å². The van der Waals surface area contributed by atoms with Gasteiger partial charge in [0.2, 0.25) is 5.95 Å². The monoisotopic (exact) mass is 633 g/mol. The molecule has 16 heteroatoms. The van der Waals surface area contributed by atoms with Crippen LogP contribution in [-0.2, 0) is 28.0 Å². The second kappa shape index (κ2) is 14.0. The Bertz CT molecular complexity index is 1650. The zero-order valence-electron chi connectivity index (χ0n) is 23.8. The van der Waals surface area contributed by atoms with Gasteiger partial charge in [-0.3, -0.25) is 14.0 Å². The average Bonchev–Trinajstić information content (AvgIpc) is 3.45. The summed E-state index contributed by atoms with van der Waals surface area (Å²) in [5.41, 5.74) is 1.21. The number of halogens is 3. The number of anilines is 4. The standard InChI is InChI=1S/C28H31F3N7O5P/c1-3-43-44(41,42)17-18-5-8-21(9-6-18)35-27-33-15-23(28(29,30)31)25(37-27)36-24-10-7-19(13-22(24)26(40)32-2)20-14-34-38(16-20)11-4-12-39/h5-10,13-16,39H,3-4,11-12,17H2,1-2H3,(H,32,40)(H,41,42)(H2,33,35,36,37). The second-order valence-corrected chi connectivity index (χ2v) is 11.4. The molecule has 5 N–H and O–H groups in total. The van der Waals surface area contributed by atoms with E-state index < -0.39 is 31.1 Å². The number of aliphatic hydroxyl groups excluding tert-OH is 1. The van der Waals surface area contributed by atoms with Gasteiger partial charge in [-0.2, -0.15) is 23.3 Å². The molecule has 1 amide bonds. The van der Waals surface area contributed by atoms with Crippen molar-refractivity contribution in [2.45, 2.75) is 32.2 Å². The molecule has 0 spiro atoms. The highest BCUT2D eigenvalue weighted by Crippen LogP contribution is 2.45. The first-order valence-corrected chi connectivity index (χ1v) is 15.2. The molecule has 2 aromatic heterocycles. The number of benzene rings is 2. The van der Waals surface area contributed by atoms with Crippen molar-refractivity contribution in [3.63, 3.8) is 0 Å². The van der Waals surface area contributed by atoms with Crippen molar-refractivity contribution in [2.24, 2.45) is 0 Å². The number of nitrogens with zero attached hydrogens (tertiary/aromatic N) is 4. The van der Waals surface area contributed by atoms with E-state index in [1.165, 1.54) is 19.2 Å². The van der Waals surface area contributed by atoms with Crippen LogP contribution in [0.4, 0.5) is 36.3 Å². The van der Waals surface area contributed by atoms with Crippen LogP contribution in [0, 0.1) is 0 Å². The maximum absolute atomic E-state index is 13.9. The van der Waals surface area contributed by atoms with Gasteiger partial charge in [0, 0.05) is 43.8 Å². The Morgan fingerprint density at radius 2 is 1.84 bits per heavy atom. The Labute approximate surface area is 250 Å².